The van der Waals surface area contributed by atoms with Gasteiger partial charge in [0, 0.05) is 105 Å². The molecule has 2 aromatic carbocycles. The third-order valence-corrected chi connectivity index (χ3v) is 7.47. The number of halogens is 1. The molecule has 7 nitrogen and oxygen atoms in total. The molecule has 0 saturated carbocycles. The Morgan fingerprint density at radius 1 is 0.829 bits per heavy atom. The summed E-state index contributed by atoms with van der Waals surface area (Å²) in [4.78, 5) is 14.1. The molecule has 0 spiro atoms. The number of pyridine rings is 1. The van der Waals surface area contributed by atoms with Crippen LogP contribution in [0.5, 0.6) is 5.75 Å². The van der Waals surface area contributed by atoms with E-state index in [1.807, 2.05) is 24.3 Å². The molecule has 2 saturated heterocycles. The maximum Gasteiger partial charge on any atom is 0.124 e. The Morgan fingerprint density at radius 2 is 1.40 bits per heavy atom. The normalized spacial score (nSPS) is 18.8. The number of nitrogens with one attached hydrogen (secondary N) is 1. The van der Waals surface area contributed by atoms with E-state index < -0.39 is 0 Å². The number of hydrogen-bond acceptors (Lipinski definition) is 7. The van der Waals surface area contributed by atoms with Gasteiger partial charge in [-0.25, -0.2) is 0 Å². The average molecular weight is 495 g/mol. The molecule has 186 valence electrons. The second kappa shape index (κ2) is 10.7. The van der Waals surface area contributed by atoms with Crippen LogP contribution in [0.2, 0.25) is 5.02 Å². The summed E-state index contributed by atoms with van der Waals surface area (Å²) < 4.78 is 0. The first-order valence-electron chi connectivity index (χ1n) is 12.4. The molecule has 0 radical (unpaired) electrons. The number of fused-ring (bicyclic) bond motifs is 1. The summed E-state index contributed by atoms with van der Waals surface area (Å²) in [6.07, 6.45) is 1.80. The SMILES string of the molecule is CN1CCN(Cc2cc(Nc3ccnc4cc(Cl)ccc34)cc(CN3CCN(C)CC3)c2O)CC1. The van der Waals surface area contributed by atoms with E-state index in [1.54, 1.807) is 6.20 Å². The lowest BCUT2D eigenvalue weighted by molar-refractivity contribution is 0.144. The fourth-order valence-electron chi connectivity index (χ4n) is 4.95. The zero-order chi connectivity index (χ0) is 24.4. The highest BCUT2D eigenvalue weighted by Gasteiger charge is 2.20. The van der Waals surface area contributed by atoms with Gasteiger partial charge in [-0.3, -0.25) is 14.8 Å². The zero-order valence-electron chi connectivity index (χ0n) is 20.7. The van der Waals surface area contributed by atoms with Crippen LogP contribution in [0.4, 0.5) is 11.4 Å². The molecule has 0 unspecified atom stereocenters. The van der Waals surface area contributed by atoms with Crippen LogP contribution in [0, 0.1) is 0 Å². The van der Waals surface area contributed by atoms with Crippen molar-refractivity contribution in [3.63, 3.8) is 0 Å². The van der Waals surface area contributed by atoms with Crippen molar-refractivity contribution in [1.29, 1.82) is 0 Å². The molecule has 0 aliphatic carbocycles. The third kappa shape index (κ3) is 5.88. The van der Waals surface area contributed by atoms with E-state index in [0.29, 0.717) is 10.8 Å². The summed E-state index contributed by atoms with van der Waals surface area (Å²) in [7, 11) is 4.33. The number of phenols is 1. The molecule has 2 N–H and O–H groups in total. The van der Waals surface area contributed by atoms with Crippen LogP contribution >= 0.6 is 11.6 Å². The van der Waals surface area contributed by atoms with Gasteiger partial charge in [0.05, 0.1) is 5.52 Å². The van der Waals surface area contributed by atoms with Crippen LogP contribution in [0.15, 0.2) is 42.6 Å². The number of piperazine rings is 2. The minimum absolute atomic E-state index is 0.430. The molecule has 3 aromatic rings. The predicted molar refractivity (Wildman–Crippen MR) is 144 cm³/mol. The molecule has 5 rings (SSSR count). The maximum absolute atomic E-state index is 11.3. The van der Waals surface area contributed by atoms with E-state index in [0.717, 1.165) is 98.9 Å². The van der Waals surface area contributed by atoms with Gasteiger partial charge < -0.3 is 20.2 Å². The lowest BCUT2D eigenvalue weighted by Gasteiger charge is -2.34. The molecule has 0 atom stereocenters. The van der Waals surface area contributed by atoms with Gasteiger partial charge in [-0.1, -0.05) is 11.6 Å². The van der Waals surface area contributed by atoms with Crippen molar-refractivity contribution in [3.8, 4) is 5.75 Å². The largest absolute Gasteiger partial charge is 0.507 e. The second-order valence-corrected chi connectivity index (χ2v) is 10.4. The van der Waals surface area contributed by atoms with Gasteiger partial charge in [-0.05, 0) is 50.5 Å². The van der Waals surface area contributed by atoms with Gasteiger partial charge in [0.15, 0.2) is 0 Å². The summed E-state index contributed by atoms with van der Waals surface area (Å²) in [5, 5.41) is 16.6. The number of hydrogen-bond donors (Lipinski definition) is 2. The number of aromatic nitrogens is 1. The molecule has 35 heavy (non-hydrogen) atoms. The van der Waals surface area contributed by atoms with Crippen LogP contribution in [0.25, 0.3) is 10.9 Å². The van der Waals surface area contributed by atoms with Crippen LogP contribution in [0.3, 0.4) is 0 Å². The van der Waals surface area contributed by atoms with Gasteiger partial charge in [0.1, 0.15) is 5.75 Å². The van der Waals surface area contributed by atoms with Crippen molar-refractivity contribution in [2.75, 3.05) is 71.8 Å². The molecular weight excluding hydrogens is 460 g/mol. The highest BCUT2D eigenvalue weighted by atomic mass is 35.5. The summed E-state index contributed by atoms with van der Waals surface area (Å²) in [6, 6.07) is 12.0. The van der Waals surface area contributed by atoms with Crippen molar-refractivity contribution in [1.82, 2.24) is 24.6 Å². The molecule has 1 aromatic heterocycles. The first-order valence-corrected chi connectivity index (χ1v) is 12.8. The smallest absolute Gasteiger partial charge is 0.124 e. The van der Waals surface area contributed by atoms with E-state index in [4.69, 9.17) is 11.6 Å². The van der Waals surface area contributed by atoms with Gasteiger partial charge in [0.25, 0.3) is 0 Å². The van der Waals surface area contributed by atoms with E-state index in [2.05, 4.69) is 56.1 Å². The molecule has 2 fully saturated rings. The number of rotatable bonds is 6. The standard InChI is InChI=1S/C27H35ClN6O/c1-31-7-11-33(12-8-31)18-20-15-23(16-21(27(20)35)19-34-13-9-32(2)10-14-34)30-25-5-6-29-26-17-22(28)3-4-24(25)26/h3-6,15-17,35H,7-14,18-19H2,1-2H3,(H,29,30). The van der Waals surface area contributed by atoms with E-state index in [1.165, 1.54) is 0 Å². The van der Waals surface area contributed by atoms with Crippen LogP contribution in [0.1, 0.15) is 11.1 Å². The zero-order valence-corrected chi connectivity index (χ0v) is 21.4. The van der Waals surface area contributed by atoms with Crippen LogP contribution in [-0.2, 0) is 13.1 Å². The Bertz CT molecular complexity index is 1130. The number of phenolic OH excluding ortho intramolecular Hbond substituents is 1. The summed E-state index contributed by atoms with van der Waals surface area (Å²) in [5.41, 5.74) is 4.78. The van der Waals surface area contributed by atoms with Crippen molar-refractivity contribution in [3.05, 3.63) is 58.7 Å². The van der Waals surface area contributed by atoms with Gasteiger partial charge in [0.2, 0.25) is 0 Å². The number of aromatic hydroxyl groups is 1. The van der Waals surface area contributed by atoms with E-state index >= 15 is 0 Å². The van der Waals surface area contributed by atoms with Crippen molar-refractivity contribution >= 4 is 33.9 Å². The van der Waals surface area contributed by atoms with Gasteiger partial charge >= 0.3 is 0 Å². The number of anilines is 2. The van der Waals surface area contributed by atoms with E-state index in [-0.39, 0.29) is 0 Å². The Labute approximate surface area is 212 Å². The Morgan fingerprint density at radius 3 is 1.97 bits per heavy atom. The molecular formula is C27H35ClN6O. The highest BCUT2D eigenvalue weighted by molar-refractivity contribution is 6.31. The maximum atomic E-state index is 11.3. The molecule has 2 aliphatic heterocycles. The van der Waals surface area contributed by atoms with Gasteiger partial charge in [-0.2, -0.15) is 0 Å². The topological polar surface area (TPSA) is 58.1 Å². The lowest BCUT2D eigenvalue weighted by Crippen LogP contribution is -2.44. The number of likely N-dealkylation sites (N-methyl/N-ethyl adjacent to an activating group) is 2. The monoisotopic (exact) mass is 494 g/mol. The Balaban J connectivity index is 1.45. The quantitative estimate of drug-likeness (QED) is 0.505. The molecule has 0 amide bonds. The fraction of sp³-hybridized carbons (Fsp3) is 0.444. The molecule has 3 heterocycles. The van der Waals surface area contributed by atoms with E-state index in [9.17, 15) is 5.11 Å². The van der Waals surface area contributed by atoms with Crippen molar-refractivity contribution < 1.29 is 5.11 Å². The highest BCUT2D eigenvalue weighted by Crippen LogP contribution is 2.33. The predicted octanol–water partition coefficient (Wildman–Crippen LogP) is 3.83. The first-order chi connectivity index (χ1) is 16.9. The molecule has 0 bridgehead atoms. The fourth-order valence-corrected chi connectivity index (χ4v) is 5.12. The van der Waals surface area contributed by atoms with Gasteiger partial charge in [-0.15, -0.1) is 0 Å². The third-order valence-electron chi connectivity index (χ3n) is 7.23. The summed E-state index contributed by atoms with van der Waals surface area (Å²) >= 11 is 6.19. The minimum Gasteiger partial charge on any atom is -0.507 e. The Hall–Kier alpha value is -2.42. The number of benzene rings is 2. The summed E-state index contributed by atoms with van der Waals surface area (Å²) in [6.45, 7) is 9.76. The van der Waals surface area contributed by atoms with Crippen molar-refractivity contribution in [2.24, 2.45) is 0 Å². The average Bonchev–Trinajstić information content (AvgIpc) is 2.84. The molecule has 2 aliphatic rings. The minimum atomic E-state index is 0.430. The van der Waals surface area contributed by atoms with Crippen LogP contribution < -0.4 is 5.32 Å². The Kier molecular flexibility index (Phi) is 7.41. The van der Waals surface area contributed by atoms with Crippen LogP contribution in [-0.4, -0.2) is 96.1 Å². The molecule has 8 heteroatoms. The lowest BCUT2D eigenvalue weighted by atomic mass is 10.0. The second-order valence-electron chi connectivity index (χ2n) is 9.95. The number of nitrogens with zero attached hydrogens (tertiary/aromatic N) is 5. The first kappa shape index (κ1) is 24.3. The summed E-state index contributed by atoms with van der Waals surface area (Å²) in [5.74, 6) is 0.430. The van der Waals surface area contributed by atoms with Crippen molar-refractivity contribution in [2.45, 2.75) is 13.1 Å².